The molecule has 1 aliphatic heterocycles. The van der Waals surface area contributed by atoms with E-state index in [1.165, 1.54) is 0 Å². The van der Waals surface area contributed by atoms with Crippen LogP contribution in [0.25, 0.3) is 0 Å². The summed E-state index contributed by atoms with van der Waals surface area (Å²) in [6.07, 6.45) is -0.461. The van der Waals surface area contributed by atoms with Gasteiger partial charge in [-0.15, -0.1) is 0 Å². The van der Waals surface area contributed by atoms with Gasteiger partial charge in [0.1, 0.15) is 5.82 Å². The molecule has 0 bridgehead atoms. The number of aliphatic hydroxyl groups is 1. The monoisotopic (exact) mass is 327 g/mol. The number of benzene rings is 1. The Kier molecular flexibility index (Phi) is 4.97. The summed E-state index contributed by atoms with van der Waals surface area (Å²) in [5, 5.41) is 10.5. The van der Waals surface area contributed by atoms with Gasteiger partial charge in [0.15, 0.2) is 0 Å². The van der Waals surface area contributed by atoms with Gasteiger partial charge in [0, 0.05) is 44.0 Å². The van der Waals surface area contributed by atoms with Gasteiger partial charge >= 0.3 is 0 Å². The van der Waals surface area contributed by atoms with Crippen molar-refractivity contribution in [2.45, 2.75) is 26.0 Å². The third kappa shape index (κ3) is 3.83. The molecular formula is C18H25N5O. The van der Waals surface area contributed by atoms with Crippen LogP contribution in [0.4, 0.5) is 11.8 Å². The van der Waals surface area contributed by atoms with Gasteiger partial charge in [0.25, 0.3) is 0 Å². The predicted octanol–water partition coefficient (Wildman–Crippen LogP) is 1.61. The topological polar surface area (TPSA) is 78.5 Å². The van der Waals surface area contributed by atoms with E-state index in [1.807, 2.05) is 43.3 Å². The minimum atomic E-state index is -0.461. The standard InChI is InChI=1S/C18H25N5O/c1-13-10-17(21-18(19)20-13)23-9-8-22(14(2)11-23)12-16(24)15-6-4-3-5-7-15/h3-7,10,14,16,24H,8-9,11-12H2,1-2H3,(H2,19,20,21). The largest absolute Gasteiger partial charge is 0.387 e. The van der Waals surface area contributed by atoms with Crippen LogP contribution in [0.5, 0.6) is 0 Å². The summed E-state index contributed by atoms with van der Waals surface area (Å²) in [6.45, 7) is 7.36. The second kappa shape index (κ2) is 7.15. The molecule has 3 rings (SSSR count). The summed E-state index contributed by atoms with van der Waals surface area (Å²) in [4.78, 5) is 13.0. The molecule has 1 fully saturated rings. The maximum absolute atomic E-state index is 10.5. The Morgan fingerprint density at radius 3 is 2.67 bits per heavy atom. The Morgan fingerprint density at radius 2 is 2.00 bits per heavy atom. The lowest BCUT2D eigenvalue weighted by atomic mass is 10.1. The number of aromatic nitrogens is 2. The van der Waals surface area contributed by atoms with Crippen LogP contribution < -0.4 is 10.6 Å². The van der Waals surface area contributed by atoms with Crippen molar-refractivity contribution in [1.29, 1.82) is 0 Å². The molecule has 6 heteroatoms. The van der Waals surface area contributed by atoms with Crippen LogP contribution in [0, 0.1) is 6.92 Å². The van der Waals surface area contributed by atoms with Gasteiger partial charge < -0.3 is 15.7 Å². The van der Waals surface area contributed by atoms with Gasteiger partial charge in [-0.25, -0.2) is 4.98 Å². The van der Waals surface area contributed by atoms with Crippen LogP contribution in [-0.2, 0) is 0 Å². The smallest absolute Gasteiger partial charge is 0.222 e. The van der Waals surface area contributed by atoms with Gasteiger partial charge in [-0.1, -0.05) is 30.3 Å². The average Bonchev–Trinajstić information content (AvgIpc) is 2.56. The zero-order valence-corrected chi connectivity index (χ0v) is 14.3. The molecule has 1 aromatic heterocycles. The number of nitrogens with two attached hydrogens (primary N) is 1. The highest BCUT2D eigenvalue weighted by Gasteiger charge is 2.26. The van der Waals surface area contributed by atoms with Crippen molar-refractivity contribution in [2.75, 3.05) is 36.8 Å². The molecule has 2 aromatic rings. The molecule has 24 heavy (non-hydrogen) atoms. The number of anilines is 2. The first-order valence-corrected chi connectivity index (χ1v) is 8.36. The first-order valence-electron chi connectivity index (χ1n) is 8.36. The molecule has 128 valence electrons. The second-order valence-electron chi connectivity index (χ2n) is 6.44. The summed E-state index contributed by atoms with van der Waals surface area (Å²) in [7, 11) is 0. The summed E-state index contributed by atoms with van der Waals surface area (Å²) >= 11 is 0. The van der Waals surface area contributed by atoms with Crippen molar-refractivity contribution in [1.82, 2.24) is 14.9 Å². The molecule has 3 N–H and O–H groups in total. The molecule has 0 spiro atoms. The van der Waals surface area contributed by atoms with E-state index in [0.717, 1.165) is 36.7 Å². The second-order valence-corrected chi connectivity index (χ2v) is 6.44. The summed E-state index contributed by atoms with van der Waals surface area (Å²) < 4.78 is 0. The number of hydrogen-bond donors (Lipinski definition) is 2. The molecule has 1 aromatic carbocycles. The Morgan fingerprint density at radius 1 is 1.25 bits per heavy atom. The molecular weight excluding hydrogens is 302 g/mol. The number of nitrogen functional groups attached to an aromatic ring is 1. The average molecular weight is 327 g/mol. The zero-order chi connectivity index (χ0) is 17.1. The molecule has 6 nitrogen and oxygen atoms in total. The Labute approximate surface area is 142 Å². The van der Waals surface area contributed by atoms with E-state index in [2.05, 4.69) is 26.7 Å². The number of nitrogens with zero attached hydrogens (tertiary/aromatic N) is 4. The Bertz CT molecular complexity index is 658. The van der Waals surface area contributed by atoms with Crippen LogP contribution in [0.15, 0.2) is 36.4 Å². The number of β-amino-alcohol motifs (C(OH)–C–C–N with tert-alkyl or cyclic N) is 1. The lowest BCUT2D eigenvalue weighted by Crippen LogP contribution is -2.53. The summed E-state index contributed by atoms with van der Waals surface area (Å²) in [5.74, 6) is 1.20. The van der Waals surface area contributed by atoms with E-state index < -0.39 is 6.10 Å². The first kappa shape index (κ1) is 16.7. The van der Waals surface area contributed by atoms with Crippen LogP contribution in [0.1, 0.15) is 24.3 Å². The molecule has 2 unspecified atom stereocenters. The van der Waals surface area contributed by atoms with Gasteiger partial charge in [0.2, 0.25) is 5.95 Å². The Balaban J connectivity index is 1.63. The van der Waals surface area contributed by atoms with Crippen molar-refractivity contribution in [2.24, 2.45) is 0 Å². The molecule has 0 aliphatic carbocycles. The third-order valence-corrected chi connectivity index (χ3v) is 4.54. The molecule has 0 radical (unpaired) electrons. The van der Waals surface area contributed by atoms with Gasteiger partial charge in [-0.2, -0.15) is 4.98 Å². The van der Waals surface area contributed by atoms with Gasteiger partial charge in [0.05, 0.1) is 6.10 Å². The fourth-order valence-corrected chi connectivity index (χ4v) is 3.21. The van der Waals surface area contributed by atoms with Crippen molar-refractivity contribution >= 4 is 11.8 Å². The maximum Gasteiger partial charge on any atom is 0.222 e. The Hall–Kier alpha value is -2.18. The minimum absolute atomic E-state index is 0.319. The molecule has 0 amide bonds. The van der Waals surface area contributed by atoms with E-state index in [0.29, 0.717) is 18.5 Å². The first-order chi connectivity index (χ1) is 11.5. The predicted molar refractivity (Wildman–Crippen MR) is 95.8 cm³/mol. The van der Waals surface area contributed by atoms with Crippen molar-refractivity contribution in [3.05, 3.63) is 47.7 Å². The van der Waals surface area contributed by atoms with Crippen LogP contribution in [0.3, 0.4) is 0 Å². The SMILES string of the molecule is Cc1cc(N2CCN(CC(O)c3ccccc3)C(C)C2)nc(N)n1. The fraction of sp³-hybridized carbons (Fsp3) is 0.444. The minimum Gasteiger partial charge on any atom is -0.387 e. The van der Waals surface area contributed by atoms with E-state index >= 15 is 0 Å². The highest BCUT2D eigenvalue weighted by Crippen LogP contribution is 2.21. The molecule has 1 aliphatic rings. The quantitative estimate of drug-likeness (QED) is 0.888. The van der Waals surface area contributed by atoms with Crippen molar-refractivity contribution in [3.63, 3.8) is 0 Å². The number of piperazine rings is 1. The molecule has 1 saturated heterocycles. The van der Waals surface area contributed by atoms with Crippen molar-refractivity contribution < 1.29 is 5.11 Å². The molecule has 2 atom stereocenters. The maximum atomic E-state index is 10.5. The van der Waals surface area contributed by atoms with Gasteiger partial charge in [-0.05, 0) is 19.4 Å². The summed E-state index contributed by atoms with van der Waals surface area (Å²) in [6, 6.07) is 12.1. The lowest BCUT2D eigenvalue weighted by Gasteiger charge is -2.41. The van der Waals surface area contributed by atoms with E-state index in [4.69, 9.17) is 5.73 Å². The van der Waals surface area contributed by atoms with Crippen LogP contribution >= 0.6 is 0 Å². The van der Waals surface area contributed by atoms with Crippen LogP contribution in [-0.4, -0.2) is 52.2 Å². The van der Waals surface area contributed by atoms with Gasteiger partial charge in [-0.3, -0.25) is 4.90 Å². The third-order valence-electron chi connectivity index (χ3n) is 4.54. The number of hydrogen-bond acceptors (Lipinski definition) is 6. The number of rotatable bonds is 4. The van der Waals surface area contributed by atoms with E-state index in [1.54, 1.807) is 0 Å². The normalized spacial score (nSPS) is 20.1. The lowest BCUT2D eigenvalue weighted by molar-refractivity contribution is 0.0848. The summed E-state index contributed by atoms with van der Waals surface area (Å²) in [5.41, 5.74) is 7.61. The zero-order valence-electron chi connectivity index (χ0n) is 14.3. The van der Waals surface area contributed by atoms with Crippen LogP contribution in [0.2, 0.25) is 0 Å². The highest BCUT2D eigenvalue weighted by atomic mass is 16.3. The highest BCUT2D eigenvalue weighted by molar-refractivity contribution is 5.44. The number of aryl methyl sites for hydroxylation is 1. The number of aliphatic hydroxyl groups excluding tert-OH is 1. The van der Waals surface area contributed by atoms with E-state index in [9.17, 15) is 5.11 Å². The van der Waals surface area contributed by atoms with E-state index in [-0.39, 0.29) is 0 Å². The molecule has 2 heterocycles. The molecule has 0 saturated carbocycles. The van der Waals surface area contributed by atoms with Crippen molar-refractivity contribution in [3.8, 4) is 0 Å². The fourth-order valence-electron chi connectivity index (χ4n) is 3.21.